The van der Waals surface area contributed by atoms with E-state index in [1.807, 2.05) is 12.1 Å². The molecule has 112 valence electrons. The van der Waals surface area contributed by atoms with E-state index in [2.05, 4.69) is 22.9 Å². The summed E-state index contributed by atoms with van der Waals surface area (Å²) >= 11 is 0. The summed E-state index contributed by atoms with van der Waals surface area (Å²) in [5, 5.41) is 19.2. The van der Waals surface area contributed by atoms with Crippen molar-refractivity contribution >= 4 is 5.69 Å². The van der Waals surface area contributed by atoms with Gasteiger partial charge in [0.25, 0.3) is 0 Å². The molecule has 2 bridgehead atoms. The van der Waals surface area contributed by atoms with Crippen molar-refractivity contribution in [2.24, 2.45) is 0 Å². The molecule has 2 aliphatic rings. The van der Waals surface area contributed by atoms with Crippen LogP contribution in [0, 0.1) is 11.3 Å². The van der Waals surface area contributed by atoms with Crippen LogP contribution in [0.15, 0.2) is 18.2 Å². The number of fused-ring (bicyclic) bond motifs is 2. The average Bonchev–Trinajstić information content (AvgIpc) is 2.71. The van der Waals surface area contributed by atoms with E-state index in [1.165, 1.54) is 12.8 Å². The van der Waals surface area contributed by atoms with E-state index in [0.717, 1.165) is 30.8 Å². The maximum atomic E-state index is 10.0. The summed E-state index contributed by atoms with van der Waals surface area (Å²) in [6, 6.07) is 9.11. The molecule has 2 saturated heterocycles. The van der Waals surface area contributed by atoms with E-state index in [9.17, 15) is 5.11 Å². The lowest BCUT2D eigenvalue weighted by molar-refractivity contribution is 0.199. The number of likely N-dealkylation sites (N-methyl/N-ethyl adjacent to an activating group) is 1. The molecule has 0 radical (unpaired) electrons. The predicted octanol–water partition coefficient (Wildman–Crippen LogP) is 2.28. The Morgan fingerprint density at radius 3 is 2.76 bits per heavy atom. The normalized spacial score (nSPS) is 27.2. The van der Waals surface area contributed by atoms with Gasteiger partial charge in [-0.05, 0) is 45.4 Å². The van der Waals surface area contributed by atoms with Crippen molar-refractivity contribution in [2.45, 2.75) is 44.4 Å². The Kier molecular flexibility index (Phi) is 3.88. The molecule has 1 aromatic rings. The number of aliphatic hydroxyl groups excluding tert-OH is 1. The van der Waals surface area contributed by atoms with Crippen LogP contribution in [0.5, 0.6) is 0 Å². The van der Waals surface area contributed by atoms with Gasteiger partial charge in [-0.25, -0.2) is 0 Å². The Balaban J connectivity index is 1.94. The van der Waals surface area contributed by atoms with Crippen LogP contribution in [0.2, 0.25) is 0 Å². The van der Waals surface area contributed by atoms with Crippen LogP contribution in [0.3, 0.4) is 0 Å². The van der Waals surface area contributed by atoms with E-state index in [0.29, 0.717) is 17.6 Å². The predicted molar refractivity (Wildman–Crippen MR) is 83.2 cm³/mol. The zero-order valence-corrected chi connectivity index (χ0v) is 12.8. The van der Waals surface area contributed by atoms with Crippen LogP contribution in [-0.2, 0) is 0 Å². The SMILES string of the molecule is CC(O)c1ccc(C#N)cc1N1CCC2CCC(C1)N2C. The Morgan fingerprint density at radius 2 is 2.05 bits per heavy atom. The summed E-state index contributed by atoms with van der Waals surface area (Å²) < 4.78 is 0. The van der Waals surface area contributed by atoms with Crippen molar-refractivity contribution in [3.05, 3.63) is 29.3 Å². The van der Waals surface area contributed by atoms with E-state index < -0.39 is 6.10 Å². The maximum absolute atomic E-state index is 10.0. The minimum atomic E-state index is -0.508. The maximum Gasteiger partial charge on any atom is 0.0992 e. The first kappa shape index (κ1) is 14.4. The third-order valence-electron chi connectivity index (χ3n) is 5.10. The lowest BCUT2D eigenvalue weighted by Crippen LogP contribution is -2.37. The zero-order valence-electron chi connectivity index (χ0n) is 12.8. The summed E-state index contributed by atoms with van der Waals surface area (Å²) in [7, 11) is 2.23. The molecule has 2 heterocycles. The highest BCUT2D eigenvalue weighted by atomic mass is 16.3. The van der Waals surface area contributed by atoms with Crippen LogP contribution in [0.25, 0.3) is 0 Å². The third kappa shape index (κ3) is 2.64. The number of benzene rings is 1. The van der Waals surface area contributed by atoms with Gasteiger partial charge in [0.1, 0.15) is 0 Å². The number of hydrogen-bond donors (Lipinski definition) is 1. The molecule has 4 nitrogen and oxygen atoms in total. The van der Waals surface area contributed by atoms with Gasteiger partial charge >= 0.3 is 0 Å². The van der Waals surface area contributed by atoms with Gasteiger partial charge in [0, 0.05) is 36.4 Å². The fraction of sp³-hybridized carbons (Fsp3) is 0.588. The van der Waals surface area contributed by atoms with Crippen LogP contribution in [0.1, 0.15) is 43.4 Å². The van der Waals surface area contributed by atoms with Gasteiger partial charge in [-0.1, -0.05) is 6.07 Å². The molecule has 3 unspecified atom stereocenters. The molecule has 0 aliphatic carbocycles. The van der Waals surface area contributed by atoms with Gasteiger partial charge in [-0.3, -0.25) is 4.90 Å². The molecule has 1 aromatic carbocycles. The molecule has 0 aromatic heterocycles. The standard InChI is InChI=1S/C17H23N3O/c1-12(21)16-6-3-13(10-18)9-17(16)20-8-7-14-4-5-15(11-20)19(14)2/h3,6,9,12,14-15,21H,4-5,7-8,11H2,1-2H3. The van der Waals surface area contributed by atoms with Crippen molar-refractivity contribution < 1.29 is 5.11 Å². The molecule has 2 fully saturated rings. The lowest BCUT2D eigenvalue weighted by atomic mass is 10.0. The molecule has 3 atom stereocenters. The second kappa shape index (κ2) is 5.67. The highest BCUT2D eigenvalue weighted by Gasteiger charge is 2.35. The van der Waals surface area contributed by atoms with Crippen molar-refractivity contribution in [1.29, 1.82) is 5.26 Å². The highest BCUT2D eigenvalue weighted by Crippen LogP contribution is 2.34. The Labute approximate surface area is 126 Å². The number of anilines is 1. The summed E-state index contributed by atoms with van der Waals surface area (Å²) in [4.78, 5) is 4.87. The van der Waals surface area contributed by atoms with Crippen LogP contribution < -0.4 is 4.90 Å². The van der Waals surface area contributed by atoms with Crippen LogP contribution in [-0.4, -0.2) is 42.2 Å². The summed E-state index contributed by atoms with van der Waals surface area (Å²) in [5.74, 6) is 0. The molecular formula is C17H23N3O. The van der Waals surface area contributed by atoms with E-state index >= 15 is 0 Å². The molecule has 21 heavy (non-hydrogen) atoms. The third-order valence-corrected chi connectivity index (χ3v) is 5.10. The first-order valence-corrected chi connectivity index (χ1v) is 7.79. The van der Waals surface area contributed by atoms with E-state index in [1.54, 1.807) is 13.0 Å². The number of nitriles is 1. The minimum Gasteiger partial charge on any atom is -0.389 e. The Morgan fingerprint density at radius 1 is 1.29 bits per heavy atom. The fourth-order valence-electron chi connectivity index (χ4n) is 3.77. The summed E-state index contributed by atoms with van der Waals surface area (Å²) in [6.45, 7) is 3.78. The summed E-state index contributed by atoms with van der Waals surface area (Å²) in [5.41, 5.74) is 2.62. The monoisotopic (exact) mass is 285 g/mol. The van der Waals surface area contributed by atoms with Crippen molar-refractivity contribution in [3.8, 4) is 6.07 Å². The Bertz CT molecular complexity index is 564. The van der Waals surface area contributed by atoms with Gasteiger partial charge in [-0.2, -0.15) is 5.26 Å². The number of rotatable bonds is 2. The average molecular weight is 285 g/mol. The van der Waals surface area contributed by atoms with Gasteiger partial charge in [0.15, 0.2) is 0 Å². The minimum absolute atomic E-state index is 0.508. The number of aliphatic hydroxyl groups is 1. The largest absolute Gasteiger partial charge is 0.389 e. The molecule has 3 rings (SSSR count). The molecule has 4 heteroatoms. The topological polar surface area (TPSA) is 50.5 Å². The first-order valence-electron chi connectivity index (χ1n) is 7.79. The summed E-state index contributed by atoms with van der Waals surface area (Å²) in [6.07, 6.45) is 3.20. The second-order valence-electron chi connectivity index (χ2n) is 6.35. The van der Waals surface area contributed by atoms with E-state index in [4.69, 9.17) is 5.26 Å². The number of hydrogen-bond acceptors (Lipinski definition) is 4. The molecule has 0 amide bonds. The molecule has 0 spiro atoms. The van der Waals surface area contributed by atoms with Crippen LogP contribution in [0.4, 0.5) is 5.69 Å². The second-order valence-corrected chi connectivity index (χ2v) is 6.35. The Hall–Kier alpha value is -1.57. The molecular weight excluding hydrogens is 262 g/mol. The smallest absolute Gasteiger partial charge is 0.0992 e. The lowest BCUT2D eigenvalue weighted by Gasteiger charge is -2.30. The zero-order chi connectivity index (χ0) is 15.0. The number of nitrogens with zero attached hydrogens (tertiary/aromatic N) is 3. The van der Waals surface area contributed by atoms with Crippen molar-refractivity contribution in [3.63, 3.8) is 0 Å². The highest BCUT2D eigenvalue weighted by molar-refractivity contribution is 5.59. The first-order chi connectivity index (χ1) is 10.1. The van der Waals surface area contributed by atoms with Gasteiger partial charge < -0.3 is 10.0 Å². The molecule has 0 saturated carbocycles. The van der Waals surface area contributed by atoms with Gasteiger partial charge in [0.05, 0.1) is 17.7 Å². The van der Waals surface area contributed by atoms with E-state index in [-0.39, 0.29) is 0 Å². The molecule has 1 N–H and O–H groups in total. The quantitative estimate of drug-likeness (QED) is 0.906. The van der Waals surface area contributed by atoms with Crippen molar-refractivity contribution in [2.75, 3.05) is 25.0 Å². The molecule has 2 aliphatic heterocycles. The van der Waals surface area contributed by atoms with Gasteiger partial charge in [-0.15, -0.1) is 0 Å². The van der Waals surface area contributed by atoms with Crippen molar-refractivity contribution in [1.82, 2.24) is 4.90 Å². The van der Waals surface area contributed by atoms with Crippen LogP contribution >= 0.6 is 0 Å². The fourth-order valence-corrected chi connectivity index (χ4v) is 3.77. The van der Waals surface area contributed by atoms with Gasteiger partial charge in [0.2, 0.25) is 0 Å².